The van der Waals surface area contributed by atoms with Crippen LogP contribution >= 0.6 is 11.6 Å². The number of carbonyl (C=O) groups excluding carboxylic acids is 1. The summed E-state index contributed by atoms with van der Waals surface area (Å²) in [5.41, 5.74) is -0.812. The molecule has 0 bridgehead atoms. The van der Waals surface area contributed by atoms with Crippen LogP contribution in [0.4, 0.5) is 10.2 Å². The molecule has 0 unspecified atom stereocenters. The van der Waals surface area contributed by atoms with E-state index in [1.807, 2.05) is 0 Å². The lowest BCUT2D eigenvalue weighted by molar-refractivity contribution is -0.127. The second kappa shape index (κ2) is 8.14. The Morgan fingerprint density at radius 2 is 1.90 bits per heavy atom. The summed E-state index contributed by atoms with van der Waals surface area (Å²) in [5, 5.41) is 17.0. The molecule has 1 aliphatic rings. The predicted molar refractivity (Wildman–Crippen MR) is 109 cm³/mol. The molecule has 0 radical (unpaired) electrons. The van der Waals surface area contributed by atoms with Crippen LogP contribution in [0.2, 0.25) is 5.02 Å². The summed E-state index contributed by atoms with van der Waals surface area (Å²) < 4.78 is 14.9. The minimum Gasteiger partial charge on any atom is -0.477 e. The maximum Gasteiger partial charge on any atom is 0.341 e. The van der Waals surface area contributed by atoms with Crippen molar-refractivity contribution in [2.45, 2.75) is 52.0 Å². The number of ketones is 1. The number of carboxylic acid groups (broad SMARTS) is 1. The van der Waals surface area contributed by atoms with Gasteiger partial charge in [-0.15, -0.1) is 5.10 Å². The van der Waals surface area contributed by atoms with Gasteiger partial charge >= 0.3 is 5.97 Å². The Morgan fingerprint density at radius 1 is 1.24 bits per heavy atom. The Labute approximate surface area is 174 Å². The van der Waals surface area contributed by atoms with E-state index in [-0.39, 0.29) is 33.8 Å². The Bertz CT molecular complexity index is 913. The second-order valence-electron chi connectivity index (χ2n) is 8.34. The molecule has 0 spiro atoms. The number of aromatic carboxylic acids is 1. The van der Waals surface area contributed by atoms with Gasteiger partial charge in [-0.2, -0.15) is 0 Å². The lowest BCUT2D eigenvalue weighted by atomic mass is 9.76. The fourth-order valence-corrected chi connectivity index (χ4v) is 4.03. The van der Waals surface area contributed by atoms with Gasteiger partial charge in [0.05, 0.1) is 11.2 Å². The third kappa shape index (κ3) is 4.78. The SMILES string of the molecule is CC1CCC(C(=O)C(C)(C)Nc2nn(-c3cc(F)cc(Cl)c3)cc2C(=O)O)CC1. The molecule has 156 valence electrons. The van der Waals surface area contributed by atoms with Crippen LogP contribution in [0.5, 0.6) is 0 Å². The number of hydrogen-bond acceptors (Lipinski definition) is 4. The molecule has 2 aromatic rings. The molecular formula is C21H25ClFN3O3. The molecule has 6 nitrogen and oxygen atoms in total. The van der Waals surface area contributed by atoms with Gasteiger partial charge in [0.25, 0.3) is 0 Å². The zero-order valence-electron chi connectivity index (χ0n) is 16.7. The fraction of sp³-hybridized carbons (Fsp3) is 0.476. The van der Waals surface area contributed by atoms with E-state index in [4.69, 9.17) is 11.6 Å². The number of halogens is 2. The standard InChI is InChI=1S/C21H25ClFN3O3/c1-12-4-6-13(7-5-12)18(27)21(2,3)24-19-17(20(28)29)11-26(25-19)16-9-14(22)8-15(23)10-16/h8-13H,4-7H2,1-3H3,(H,24,25)(H,28,29). The van der Waals surface area contributed by atoms with Gasteiger partial charge in [-0.05, 0) is 50.8 Å². The van der Waals surface area contributed by atoms with Gasteiger partial charge in [0.2, 0.25) is 0 Å². The summed E-state index contributed by atoms with van der Waals surface area (Å²) in [6.07, 6.45) is 4.99. The first-order valence-corrected chi connectivity index (χ1v) is 10.1. The zero-order chi connectivity index (χ0) is 21.3. The van der Waals surface area contributed by atoms with Crippen LogP contribution in [0, 0.1) is 17.7 Å². The second-order valence-corrected chi connectivity index (χ2v) is 8.78. The molecule has 1 heterocycles. The van der Waals surface area contributed by atoms with Gasteiger partial charge in [0, 0.05) is 17.1 Å². The van der Waals surface area contributed by atoms with Gasteiger partial charge in [-0.25, -0.2) is 13.9 Å². The number of nitrogens with one attached hydrogen (secondary N) is 1. The molecule has 0 amide bonds. The van der Waals surface area contributed by atoms with Crippen molar-refractivity contribution in [1.82, 2.24) is 9.78 Å². The number of benzene rings is 1. The normalized spacial score (nSPS) is 19.8. The Kier molecular flexibility index (Phi) is 5.98. The third-order valence-corrected chi connectivity index (χ3v) is 5.71. The average molecular weight is 422 g/mol. The van der Waals surface area contributed by atoms with Crippen molar-refractivity contribution in [3.05, 3.63) is 40.8 Å². The van der Waals surface area contributed by atoms with Gasteiger partial charge in [0.1, 0.15) is 11.4 Å². The van der Waals surface area contributed by atoms with Crippen molar-refractivity contribution >= 4 is 29.2 Å². The van der Waals surface area contributed by atoms with Crippen molar-refractivity contribution < 1.29 is 19.1 Å². The molecular weight excluding hydrogens is 397 g/mol. The molecule has 1 saturated carbocycles. The van der Waals surface area contributed by atoms with Crippen molar-refractivity contribution in [1.29, 1.82) is 0 Å². The summed E-state index contributed by atoms with van der Waals surface area (Å²) in [5.74, 6) is -1.08. The summed E-state index contributed by atoms with van der Waals surface area (Å²) in [6.45, 7) is 5.66. The summed E-state index contributed by atoms with van der Waals surface area (Å²) in [4.78, 5) is 24.8. The highest BCUT2D eigenvalue weighted by atomic mass is 35.5. The number of aromatic nitrogens is 2. The molecule has 1 aromatic carbocycles. The molecule has 1 aromatic heterocycles. The van der Waals surface area contributed by atoms with E-state index in [1.165, 1.54) is 23.0 Å². The molecule has 0 aliphatic heterocycles. The zero-order valence-corrected chi connectivity index (χ0v) is 17.5. The molecule has 0 saturated heterocycles. The largest absolute Gasteiger partial charge is 0.477 e. The number of nitrogens with zero attached hydrogens (tertiary/aromatic N) is 2. The molecule has 1 aliphatic carbocycles. The van der Waals surface area contributed by atoms with E-state index in [9.17, 15) is 19.1 Å². The summed E-state index contributed by atoms with van der Waals surface area (Å²) in [6, 6.07) is 3.83. The first-order chi connectivity index (χ1) is 13.6. The van der Waals surface area contributed by atoms with Gasteiger partial charge in [0.15, 0.2) is 11.6 Å². The molecule has 8 heteroatoms. The van der Waals surface area contributed by atoms with Crippen LogP contribution in [-0.4, -0.2) is 32.2 Å². The summed E-state index contributed by atoms with van der Waals surface area (Å²) >= 11 is 5.90. The summed E-state index contributed by atoms with van der Waals surface area (Å²) in [7, 11) is 0. The molecule has 2 N–H and O–H groups in total. The Morgan fingerprint density at radius 3 is 2.48 bits per heavy atom. The molecule has 0 atom stereocenters. The Balaban J connectivity index is 1.88. The minimum atomic E-state index is -1.20. The van der Waals surface area contributed by atoms with Crippen LogP contribution in [-0.2, 0) is 4.79 Å². The van der Waals surface area contributed by atoms with Crippen LogP contribution in [0.15, 0.2) is 24.4 Å². The van der Waals surface area contributed by atoms with Crippen molar-refractivity contribution in [3.63, 3.8) is 0 Å². The number of carboxylic acids is 1. The van der Waals surface area contributed by atoms with Gasteiger partial charge < -0.3 is 10.4 Å². The number of anilines is 1. The Hall–Kier alpha value is -2.41. The van der Waals surface area contributed by atoms with Crippen LogP contribution in [0.25, 0.3) is 5.69 Å². The quantitative estimate of drug-likeness (QED) is 0.689. The first-order valence-electron chi connectivity index (χ1n) is 9.68. The van der Waals surface area contributed by atoms with E-state index in [0.717, 1.165) is 31.7 Å². The number of Topliss-reactive ketones (excluding diaryl/α,β-unsaturated/α-hetero) is 1. The van der Waals surface area contributed by atoms with E-state index < -0.39 is 17.3 Å². The van der Waals surface area contributed by atoms with Gasteiger partial charge in [-0.1, -0.05) is 31.4 Å². The van der Waals surface area contributed by atoms with E-state index in [1.54, 1.807) is 13.8 Å². The van der Waals surface area contributed by atoms with Gasteiger partial charge in [-0.3, -0.25) is 4.79 Å². The predicted octanol–water partition coefficient (Wildman–Crippen LogP) is 4.95. The van der Waals surface area contributed by atoms with Crippen molar-refractivity contribution in [3.8, 4) is 5.69 Å². The average Bonchev–Trinajstić information content (AvgIpc) is 3.04. The van der Waals surface area contributed by atoms with Crippen LogP contribution in [0.1, 0.15) is 56.8 Å². The minimum absolute atomic E-state index is 0.0455. The lowest BCUT2D eigenvalue weighted by Crippen LogP contribution is -2.45. The fourth-order valence-electron chi connectivity index (χ4n) is 3.82. The topological polar surface area (TPSA) is 84.2 Å². The van der Waals surface area contributed by atoms with E-state index >= 15 is 0 Å². The van der Waals surface area contributed by atoms with Crippen molar-refractivity contribution in [2.24, 2.45) is 11.8 Å². The highest BCUT2D eigenvalue weighted by Gasteiger charge is 2.36. The highest BCUT2D eigenvalue weighted by molar-refractivity contribution is 6.30. The number of hydrogen-bond donors (Lipinski definition) is 2. The number of rotatable bonds is 6. The highest BCUT2D eigenvalue weighted by Crippen LogP contribution is 2.33. The van der Waals surface area contributed by atoms with E-state index in [2.05, 4.69) is 17.3 Å². The molecule has 29 heavy (non-hydrogen) atoms. The first kappa shape index (κ1) is 21.3. The van der Waals surface area contributed by atoms with Crippen LogP contribution in [0.3, 0.4) is 0 Å². The smallest absolute Gasteiger partial charge is 0.341 e. The molecule has 1 fully saturated rings. The van der Waals surface area contributed by atoms with Crippen LogP contribution < -0.4 is 5.32 Å². The van der Waals surface area contributed by atoms with E-state index in [0.29, 0.717) is 5.92 Å². The lowest BCUT2D eigenvalue weighted by Gasteiger charge is -2.33. The maximum atomic E-state index is 13.7. The monoisotopic (exact) mass is 421 g/mol. The number of carbonyl (C=O) groups is 2. The molecule has 3 rings (SSSR count). The van der Waals surface area contributed by atoms with Crippen molar-refractivity contribution in [2.75, 3.05) is 5.32 Å². The third-order valence-electron chi connectivity index (χ3n) is 5.49. The maximum absolute atomic E-state index is 13.7.